The highest BCUT2D eigenvalue weighted by atomic mass is 16.2. The van der Waals surface area contributed by atoms with E-state index in [-0.39, 0.29) is 41.1 Å². The Morgan fingerprint density at radius 2 is 1.39 bits per heavy atom. The van der Waals surface area contributed by atoms with Crippen molar-refractivity contribution >= 4 is 29.3 Å². The minimum absolute atomic E-state index is 0.0137. The van der Waals surface area contributed by atoms with Crippen LogP contribution in [-0.4, -0.2) is 59.2 Å². The molecule has 10 rings (SSSR count). The first kappa shape index (κ1) is 39.0. The summed E-state index contributed by atoms with van der Waals surface area (Å²) in [5.74, 6) is 0.0520. The molecular weight excluding hydrogens is 761 g/mol. The summed E-state index contributed by atoms with van der Waals surface area (Å²) in [6, 6.07) is 32.7. The number of anilines is 1. The molecule has 0 radical (unpaired) electrons. The second-order valence-electron chi connectivity index (χ2n) is 18.2. The zero-order valence-corrected chi connectivity index (χ0v) is 34.5. The Balaban J connectivity index is 0.737. The van der Waals surface area contributed by atoms with Crippen molar-refractivity contribution in [1.82, 2.24) is 25.8 Å². The van der Waals surface area contributed by atoms with Gasteiger partial charge in [0.2, 0.25) is 11.8 Å². The third-order valence-electron chi connectivity index (χ3n) is 14.3. The maximum atomic E-state index is 13.7. The average molecular weight is 813 g/mol. The molecule has 4 aromatic carbocycles. The summed E-state index contributed by atoms with van der Waals surface area (Å²) < 4.78 is 0. The van der Waals surface area contributed by atoms with Crippen LogP contribution in [0.1, 0.15) is 98.7 Å². The van der Waals surface area contributed by atoms with Crippen molar-refractivity contribution in [2.24, 2.45) is 10.8 Å². The van der Waals surface area contributed by atoms with Gasteiger partial charge in [0.05, 0.1) is 28.8 Å². The fourth-order valence-corrected chi connectivity index (χ4v) is 10.7. The highest BCUT2D eigenvalue weighted by molar-refractivity contribution is 6.04. The van der Waals surface area contributed by atoms with Crippen LogP contribution in [0.15, 0.2) is 109 Å². The zero-order chi connectivity index (χ0) is 41.6. The lowest BCUT2D eigenvalue weighted by molar-refractivity contribution is -0.129. The van der Waals surface area contributed by atoms with Crippen LogP contribution in [-0.2, 0) is 41.8 Å². The molecule has 3 aliphatic heterocycles. The molecule has 3 saturated heterocycles. The van der Waals surface area contributed by atoms with Crippen molar-refractivity contribution in [2.45, 2.75) is 82.8 Å². The molecule has 0 saturated carbocycles. The summed E-state index contributed by atoms with van der Waals surface area (Å²) in [6.45, 7) is 3.62. The number of nitrogens with one attached hydrogen (secondary N) is 4. The number of carbonyl (C=O) groups is 4. The number of nitrogens with zero attached hydrogens (tertiary/aromatic N) is 2. The smallest absolute Gasteiger partial charge is 0.255 e. The highest BCUT2D eigenvalue weighted by Crippen LogP contribution is 2.47. The van der Waals surface area contributed by atoms with E-state index in [1.807, 2.05) is 54.6 Å². The number of fused-ring (bicyclic) bond motifs is 2. The van der Waals surface area contributed by atoms with Crippen molar-refractivity contribution in [3.8, 4) is 11.1 Å². The number of amides is 4. The molecule has 1 aromatic heterocycles. The Kier molecular flexibility index (Phi) is 10.3. The van der Waals surface area contributed by atoms with Gasteiger partial charge in [-0.25, -0.2) is 0 Å². The number of aryl methyl sites for hydroxylation is 2. The quantitative estimate of drug-likeness (QED) is 0.132. The molecule has 2 spiro atoms. The zero-order valence-electron chi connectivity index (χ0n) is 34.5. The molecule has 4 amide bonds. The van der Waals surface area contributed by atoms with Gasteiger partial charge in [-0.15, -0.1) is 0 Å². The predicted molar refractivity (Wildman–Crippen MR) is 235 cm³/mol. The average Bonchev–Trinajstić information content (AvgIpc) is 3.80. The van der Waals surface area contributed by atoms with Crippen LogP contribution in [0.3, 0.4) is 0 Å². The van der Waals surface area contributed by atoms with Gasteiger partial charge in [0, 0.05) is 55.1 Å². The number of pyridine rings is 1. The summed E-state index contributed by atoms with van der Waals surface area (Å²) in [7, 11) is 0. The largest absolute Gasteiger partial charge is 0.356 e. The molecule has 4 heterocycles. The van der Waals surface area contributed by atoms with Gasteiger partial charge in [-0.2, -0.15) is 0 Å². The number of rotatable bonds is 8. The standard InChI is InChI=1S/C51H52N6O4/c58-46(54-43-16-22-57(23-17-43)32-33-4-2-1-3-5-33)38-11-13-41-28-51(19-15-37(41)25-38)29-45(56-49(51)61)35-8-6-34(7-9-35)42-26-44(31-52-30-42)55-47(59)39-10-12-40-27-50(18-14-36(40)24-39)20-21-53-48(50)60/h1-13,24-26,30-31,43,45H,14-23,27-29,32H2,(H,53,60)(H,54,58)(H,55,59)(H,56,61). The number of benzene rings is 4. The third kappa shape index (κ3) is 7.85. The molecule has 5 aromatic rings. The lowest BCUT2D eigenvalue weighted by atomic mass is 9.69. The first-order valence-electron chi connectivity index (χ1n) is 22.0. The van der Waals surface area contributed by atoms with Crippen LogP contribution in [0.2, 0.25) is 0 Å². The van der Waals surface area contributed by atoms with Gasteiger partial charge in [0.15, 0.2) is 0 Å². The molecule has 3 fully saturated rings. The summed E-state index contributed by atoms with van der Waals surface area (Å²) >= 11 is 0. The Labute approximate surface area is 356 Å². The Bertz CT molecular complexity index is 2510. The minimum Gasteiger partial charge on any atom is -0.356 e. The Morgan fingerprint density at radius 3 is 2.10 bits per heavy atom. The molecule has 61 heavy (non-hydrogen) atoms. The van der Waals surface area contributed by atoms with E-state index in [0.29, 0.717) is 23.2 Å². The van der Waals surface area contributed by atoms with Crippen molar-refractivity contribution in [3.63, 3.8) is 0 Å². The van der Waals surface area contributed by atoms with E-state index in [4.69, 9.17) is 0 Å². The second kappa shape index (κ2) is 16.0. The minimum atomic E-state index is -0.475. The molecule has 310 valence electrons. The molecule has 10 heteroatoms. The molecule has 10 nitrogen and oxygen atoms in total. The van der Waals surface area contributed by atoms with E-state index in [1.54, 1.807) is 12.4 Å². The van der Waals surface area contributed by atoms with Crippen LogP contribution in [0, 0.1) is 10.8 Å². The van der Waals surface area contributed by atoms with Gasteiger partial charge in [0.1, 0.15) is 0 Å². The monoisotopic (exact) mass is 812 g/mol. The second-order valence-corrected chi connectivity index (χ2v) is 18.2. The van der Waals surface area contributed by atoms with Gasteiger partial charge in [0.25, 0.3) is 11.8 Å². The molecule has 4 N–H and O–H groups in total. The molecule has 3 unspecified atom stereocenters. The molecular formula is C51H52N6O4. The van der Waals surface area contributed by atoms with Gasteiger partial charge >= 0.3 is 0 Å². The predicted octanol–water partition coefficient (Wildman–Crippen LogP) is 7.13. The normalized spacial score (nSPS) is 23.6. The van der Waals surface area contributed by atoms with Crippen LogP contribution >= 0.6 is 0 Å². The number of likely N-dealkylation sites (tertiary alicyclic amines) is 1. The van der Waals surface area contributed by atoms with Gasteiger partial charge in [-0.05, 0) is 133 Å². The summed E-state index contributed by atoms with van der Waals surface area (Å²) in [5.41, 5.74) is 9.95. The Morgan fingerprint density at radius 1 is 0.705 bits per heavy atom. The van der Waals surface area contributed by atoms with Crippen LogP contribution in [0.5, 0.6) is 0 Å². The fraction of sp³-hybridized carbons (Fsp3) is 0.353. The van der Waals surface area contributed by atoms with Crippen LogP contribution < -0.4 is 21.3 Å². The van der Waals surface area contributed by atoms with Crippen molar-refractivity contribution < 1.29 is 19.2 Å². The molecule has 5 aliphatic rings. The third-order valence-corrected chi connectivity index (χ3v) is 14.3. The van der Waals surface area contributed by atoms with Crippen LogP contribution in [0.25, 0.3) is 11.1 Å². The van der Waals surface area contributed by atoms with E-state index in [9.17, 15) is 19.2 Å². The number of carbonyl (C=O) groups excluding carboxylic acids is 4. The first-order valence-corrected chi connectivity index (χ1v) is 22.0. The van der Waals surface area contributed by atoms with Crippen LogP contribution in [0.4, 0.5) is 5.69 Å². The molecule has 3 atom stereocenters. The van der Waals surface area contributed by atoms with E-state index in [1.165, 1.54) is 11.1 Å². The fourth-order valence-electron chi connectivity index (χ4n) is 10.7. The van der Waals surface area contributed by atoms with Crippen molar-refractivity contribution in [2.75, 3.05) is 25.0 Å². The lowest BCUT2D eigenvalue weighted by Crippen LogP contribution is -2.44. The summed E-state index contributed by atoms with van der Waals surface area (Å²) in [4.78, 5) is 59.8. The van der Waals surface area contributed by atoms with Crippen molar-refractivity contribution in [3.05, 3.63) is 154 Å². The SMILES string of the molecule is O=C(Nc1cncc(-c2ccc(C3CC4(CCc5cc(C(=O)NC6CCN(Cc7ccccc7)CC6)ccc5C4)C(=O)N3)cc2)c1)c1ccc2c(c1)CCC1(CCNC1=O)C2. The topological polar surface area (TPSA) is 133 Å². The maximum Gasteiger partial charge on any atom is 0.255 e. The van der Waals surface area contributed by atoms with Gasteiger partial charge in [-0.3, -0.25) is 29.1 Å². The van der Waals surface area contributed by atoms with Gasteiger partial charge < -0.3 is 21.3 Å². The van der Waals surface area contributed by atoms with E-state index in [0.717, 1.165) is 117 Å². The summed E-state index contributed by atoms with van der Waals surface area (Å²) in [6.07, 6.45) is 11.4. The maximum absolute atomic E-state index is 13.7. The van der Waals surface area contributed by atoms with E-state index in [2.05, 4.69) is 73.6 Å². The Hall–Kier alpha value is -6.13. The lowest BCUT2D eigenvalue weighted by Gasteiger charge is -2.33. The highest BCUT2D eigenvalue weighted by Gasteiger charge is 2.49. The first-order chi connectivity index (χ1) is 29.7. The number of hydrogen-bond donors (Lipinski definition) is 4. The number of hydrogen-bond acceptors (Lipinski definition) is 6. The van der Waals surface area contributed by atoms with Gasteiger partial charge in [-0.1, -0.05) is 66.7 Å². The molecule has 0 bridgehead atoms. The van der Waals surface area contributed by atoms with E-state index < -0.39 is 5.41 Å². The summed E-state index contributed by atoms with van der Waals surface area (Å²) in [5, 5.41) is 12.6. The van der Waals surface area contributed by atoms with E-state index >= 15 is 0 Å². The molecule has 2 aliphatic carbocycles. The number of aromatic nitrogens is 1. The van der Waals surface area contributed by atoms with Crippen molar-refractivity contribution in [1.29, 1.82) is 0 Å². The number of piperidine rings is 1.